The van der Waals surface area contributed by atoms with Crippen molar-refractivity contribution in [1.82, 2.24) is 19.9 Å². The van der Waals surface area contributed by atoms with E-state index >= 15 is 0 Å². The quantitative estimate of drug-likeness (QED) is 0.720. The Morgan fingerprint density at radius 3 is 2.33 bits per heavy atom. The summed E-state index contributed by atoms with van der Waals surface area (Å²) < 4.78 is 0. The molecular weight excluding hydrogens is 338 g/mol. The predicted molar refractivity (Wildman–Crippen MR) is 105 cm³/mol. The van der Waals surface area contributed by atoms with Crippen LogP contribution in [0.5, 0.6) is 0 Å². The first kappa shape index (κ1) is 17.1. The predicted octanol–water partition coefficient (Wildman–Crippen LogP) is 2.81. The third-order valence-electron chi connectivity index (χ3n) is 4.71. The molecule has 1 aliphatic heterocycles. The Bertz CT molecular complexity index is 922. The van der Waals surface area contributed by atoms with Crippen molar-refractivity contribution in [3.8, 4) is 11.3 Å². The maximum Gasteiger partial charge on any atom is 0.254 e. The molecule has 1 saturated heterocycles. The molecule has 27 heavy (non-hydrogen) atoms. The van der Waals surface area contributed by atoms with E-state index < -0.39 is 0 Å². The average molecular weight is 359 g/mol. The summed E-state index contributed by atoms with van der Waals surface area (Å²) in [6, 6.07) is 15.7. The number of carbonyl (C=O) groups excluding carboxylic acids is 1. The number of amides is 1. The molecule has 6 nitrogen and oxygen atoms in total. The summed E-state index contributed by atoms with van der Waals surface area (Å²) in [5, 5.41) is 0. The molecule has 0 bridgehead atoms. The average Bonchev–Trinajstić information content (AvgIpc) is 2.74. The van der Waals surface area contributed by atoms with Gasteiger partial charge in [-0.05, 0) is 19.1 Å². The van der Waals surface area contributed by atoms with Crippen LogP contribution in [-0.2, 0) is 0 Å². The van der Waals surface area contributed by atoms with E-state index in [1.54, 1.807) is 24.5 Å². The van der Waals surface area contributed by atoms with E-state index in [9.17, 15) is 4.79 Å². The maximum atomic E-state index is 12.6. The second kappa shape index (κ2) is 7.53. The van der Waals surface area contributed by atoms with Gasteiger partial charge in [0.2, 0.25) is 0 Å². The molecule has 0 spiro atoms. The monoisotopic (exact) mass is 359 g/mol. The van der Waals surface area contributed by atoms with Gasteiger partial charge in [-0.25, -0.2) is 9.97 Å². The molecular formula is C21H21N5O. The lowest BCUT2D eigenvalue weighted by Crippen LogP contribution is -2.49. The minimum absolute atomic E-state index is 0.0564. The molecule has 6 heteroatoms. The first-order chi connectivity index (χ1) is 13.2. The number of anilines is 1. The number of rotatable bonds is 3. The van der Waals surface area contributed by atoms with Gasteiger partial charge in [0, 0.05) is 55.8 Å². The Hall–Kier alpha value is -3.28. The number of pyridine rings is 1. The van der Waals surface area contributed by atoms with Gasteiger partial charge in [-0.3, -0.25) is 9.78 Å². The van der Waals surface area contributed by atoms with Crippen LogP contribution in [0.3, 0.4) is 0 Å². The zero-order valence-electron chi connectivity index (χ0n) is 15.2. The Morgan fingerprint density at radius 1 is 0.926 bits per heavy atom. The normalized spacial score (nSPS) is 14.3. The molecule has 3 heterocycles. The molecule has 0 aliphatic carbocycles. The lowest BCUT2D eigenvalue weighted by atomic mass is 10.1. The number of aromatic nitrogens is 3. The highest BCUT2D eigenvalue weighted by molar-refractivity contribution is 5.94. The SMILES string of the molecule is Cc1nc(-c2ccccc2)cc(N2CCN(C(=O)c3ccncc3)CC2)n1. The Balaban J connectivity index is 1.48. The number of nitrogens with zero attached hydrogens (tertiary/aromatic N) is 5. The van der Waals surface area contributed by atoms with Crippen molar-refractivity contribution in [1.29, 1.82) is 0 Å². The largest absolute Gasteiger partial charge is 0.353 e. The number of benzene rings is 1. The smallest absolute Gasteiger partial charge is 0.254 e. The Morgan fingerprint density at radius 2 is 1.63 bits per heavy atom. The fraction of sp³-hybridized carbons (Fsp3) is 0.238. The van der Waals surface area contributed by atoms with Crippen LogP contribution in [0.2, 0.25) is 0 Å². The van der Waals surface area contributed by atoms with Gasteiger partial charge >= 0.3 is 0 Å². The van der Waals surface area contributed by atoms with Crippen molar-refractivity contribution < 1.29 is 4.79 Å². The van der Waals surface area contributed by atoms with Crippen molar-refractivity contribution in [2.24, 2.45) is 0 Å². The van der Waals surface area contributed by atoms with Gasteiger partial charge < -0.3 is 9.80 Å². The second-order valence-corrected chi connectivity index (χ2v) is 6.54. The van der Waals surface area contributed by atoms with E-state index in [1.807, 2.05) is 36.1 Å². The highest BCUT2D eigenvalue weighted by Gasteiger charge is 2.23. The van der Waals surface area contributed by atoms with E-state index in [0.29, 0.717) is 18.7 Å². The molecule has 1 aliphatic rings. The summed E-state index contributed by atoms with van der Waals surface area (Å²) in [5.41, 5.74) is 2.69. The molecule has 1 fully saturated rings. The maximum absolute atomic E-state index is 12.6. The van der Waals surface area contributed by atoms with Gasteiger partial charge in [-0.1, -0.05) is 30.3 Å². The highest BCUT2D eigenvalue weighted by Crippen LogP contribution is 2.22. The van der Waals surface area contributed by atoms with E-state index in [1.165, 1.54) is 0 Å². The van der Waals surface area contributed by atoms with Crippen molar-refractivity contribution in [3.05, 3.63) is 72.3 Å². The van der Waals surface area contributed by atoms with E-state index in [-0.39, 0.29) is 5.91 Å². The van der Waals surface area contributed by atoms with E-state index in [2.05, 4.69) is 32.0 Å². The lowest BCUT2D eigenvalue weighted by molar-refractivity contribution is 0.0746. The molecule has 0 N–H and O–H groups in total. The molecule has 136 valence electrons. The summed E-state index contributed by atoms with van der Waals surface area (Å²) in [7, 11) is 0. The zero-order valence-corrected chi connectivity index (χ0v) is 15.2. The lowest BCUT2D eigenvalue weighted by Gasteiger charge is -2.35. The minimum atomic E-state index is 0.0564. The van der Waals surface area contributed by atoms with Crippen molar-refractivity contribution in [3.63, 3.8) is 0 Å². The van der Waals surface area contributed by atoms with Crippen LogP contribution >= 0.6 is 0 Å². The van der Waals surface area contributed by atoms with Gasteiger partial charge in [0.1, 0.15) is 11.6 Å². The van der Waals surface area contributed by atoms with Crippen LogP contribution in [0.1, 0.15) is 16.2 Å². The van der Waals surface area contributed by atoms with Crippen LogP contribution in [-0.4, -0.2) is 51.9 Å². The van der Waals surface area contributed by atoms with Crippen LogP contribution in [0.15, 0.2) is 60.9 Å². The van der Waals surface area contributed by atoms with E-state index in [4.69, 9.17) is 0 Å². The molecule has 2 aromatic heterocycles. The van der Waals surface area contributed by atoms with Gasteiger partial charge in [0.05, 0.1) is 5.69 Å². The zero-order chi connectivity index (χ0) is 18.6. The molecule has 0 radical (unpaired) electrons. The topological polar surface area (TPSA) is 62.2 Å². The fourth-order valence-corrected chi connectivity index (χ4v) is 3.29. The molecule has 0 atom stereocenters. The number of carbonyl (C=O) groups is 1. The van der Waals surface area contributed by atoms with Crippen LogP contribution in [0.4, 0.5) is 5.82 Å². The Labute approximate surface area is 158 Å². The van der Waals surface area contributed by atoms with Gasteiger partial charge in [0.25, 0.3) is 5.91 Å². The van der Waals surface area contributed by atoms with E-state index in [0.717, 1.165) is 36.0 Å². The third-order valence-corrected chi connectivity index (χ3v) is 4.71. The second-order valence-electron chi connectivity index (χ2n) is 6.54. The standard InChI is InChI=1S/C21H21N5O/c1-16-23-19(17-5-3-2-4-6-17)15-20(24-16)25-11-13-26(14-12-25)21(27)18-7-9-22-10-8-18/h2-10,15H,11-14H2,1H3. The number of aryl methyl sites for hydroxylation is 1. The van der Waals surface area contributed by atoms with Crippen molar-refractivity contribution >= 4 is 11.7 Å². The van der Waals surface area contributed by atoms with Crippen LogP contribution < -0.4 is 4.90 Å². The molecule has 4 rings (SSSR count). The van der Waals surface area contributed by atoms with Gasteiger partial charge in [0.15, 0.2) is 0 Å². The fourth-order valence-electron chi connectivity index (χ4n) is 3.29. The first-order valence-corrected chi connectivity index (χ1v) is 9.06. The van der Waals surface area contributed by atoms with Crippen LogP contribution in [0.25, 0.3) is 11.3 Å². The molecule has 0 saturated carbocycles. The first-order valence-electron chi connectivity index (χ1n) is 9.06. The molecule has 1 amide bonds. The summed E-state index contributed by atoms with van der Waals surface area (Å²) in [4.78, 5) is 29.9. The third kappa shape index (κ3) is 3.79. The molecule has 1 aromatic carbocycles. The number of piperazine rings is 1. The number of hydrogen-bond acceptors (Lipinski definition) is 5. The molecule has 3 aromatic rings. The summed E-state index contributed by atoms with van der Waals surface area (Å²) in [6.45, 7) is 4.76. The Kier molecular flexibility index (Phi) is 4.78. The van der Waals surface area contributed by atoms with Gasteiger partial charge in [-0.2, -0.15) is 0 Å². The highest BCUT2D eigenvalue weighted by atomic mass is 16.2. The van der Waals surface area contributed by atoms with Crippen LogP contribution in [0, 0.1) is 6.92 Å². The number of hydrogen-bond donors (Lipinski definition) is 0. The molecule has 0 unspecified atom stereocenters. The summed E-state index contributed by atoms with van der Waals surface area (Å²) in [6.07, 6.45) is 3.30. The summed E-state index contributed by atoms with van der Waals surface area (Å²) >= 11 is 0. The van der Waals surface area contributed by atoms with Crippen molar-refractivity contribution in [2.45, 2.75) is 6.92 Å². The minimum Gasteiger partial charge on any atom is -0.353 e. The summed E-state index contributed by atoms with van der Waals surface area (Å²) in [5.74, 6) is 1.72. The van der Waals surface area contributed by atoms with Gasteiger partial charge in [-0.15, -0.1) is 0 Å². The van der Waals surface area contributed by atoms with Crippen molar-refractivity contribution in [2.75, 3.05) is 31.1 Å².